The van der Waals surface area contributed by atoms with Gasteiger partial charge in [0.2, 0.25) is 5.91 Å². The smallest absolute Gasteiger partial charge is 0.262 e. The van der Waals surface area contributed by atoms with Gasteiger partial charge in [-0.3, -0.25) is 9.59 Å². The summed E-state index contributed by atoms with van der Waals surface area (Å²) in [5.41, 5.74) is 1.98. The number of nitrogens with one attached hydrogen (secondary N) is 1. The van der Waals surface area contributed by atoms with Crippen LogP contribution in [0.25, 0.3) is 0 Å². The first-order valence-electron chi connectivity index (χ1n) is 8.41. The van der Waals surface area contributed by atoms with Crippen LogP contribution < -0.4 is 10.2 Å². The molecule has 1 aromatic carbocycles. The number of carbonyl (C=O) groups is 2. The van der Waals surface area contributed by atoms with Crippen LogP contribution in [0.15, 0.2) is 35.7 Å². The molecule has 1 aromatic heterocycles. The molecule has 0 bridgehead atoms. The number of fused-ring (bicyclic) bond motifs is 1. The first-order chi connectivity index (χ1) is 12.0. The Morgan fingerprint density at radius 1 is 1.28 bits per heavy atom. The molecule has 1 N–H and O–H groups in total. The third kappa shape index (κ3) is 3.88. The number of nitrogens with zero attached hydrogens (tertiary/aromatic N) is 1. The molecule has 2 amide bonds. The number of halogens is 1. The second kappa shape index (κ2) is 7.58. The van der Waals surface area contributed by atoms with Gasteiger partial charge in [-0.1, -0.05) is 31.5 Å². The molecule has 132 valence electrons. The first-order valence-corrected chi connectivity index (χ1v) is 9.67. The minimum atomic E-state index is -0.559. The van der Waals surface area contributed by atoms with E-state index < -0.39 is 6.04 Å². The van der Waals surface area contributed by atoms with Crippen LogP contribution in [-0.4, -0.2) is 24.4 Å². The molecular weight excluding hydrogens is 356 g/mol. The first kappa shape index (κ1) is 18.0. The van der Waals surface area contributed by atoms with E-state index >= 15 is 0 Å². The zero-order chi connectivity index (χ0) is 18.0. The lowest BCUT2D eigenvalue weighted by molar-refractivity contribution is -0.121. The predicted octanol–water partition coefficient (Wildman–Crippen LogP) is 4.14. The summed E-state index contributed by atoms with van der Waals surface area (Å²) in [7, 11) is 0. The fraction of sp³-hybridized carbons (Fsp3) is 0.368. The van der Waals surface area contributed by atoms with Gasteiger partial charge in [0.1, 0.15) is 6.04 Å². The summed E-state index contributed by atoms with van der Waals surface area (Å²) in [6, 6.07) is 8.66. The maximum Gasteiger partial charge on any atom is 0.262 e. The maximum atomic E-state index is 13.2. The largest absolute Gasteiger partial charge is 0.339 e. The molecule has 0 fully saturated rings. The molecule has 0 saturated heterocycles. The van der Waals surface area contributed by atoms with E-state index in [0.717, 1.165) is 24.1 Å². The lowest BCUT2D eigenvalue weighted by atomic mass is 9.97. The van der Waals surface area contributed by atoms with Gasteiger partial charge in [0.25, 0.3) is 5.91 Å². The molecule has 1 aliphatic heterocycles. The van der Waals surface area contributed by atoms with Crippen molar-refractivity contribution in [3.8, 4) is 0 Å². The Balaban J connectivity index is 1.83. The summed E-state index contributed by atoms with van der Waals surface area (Å²) in [6.07, 6.45) is 1.80. The Bertz CT molecular complexity index is 774. The van der Waals surface area contributed by atoms with Gasteiger partial charge in [0.15, 0.2) is 0 Å². The van der Waals surface area contributed by atoms with E-state index in [2.05, 4.69) is 5.32 Å². The number of thiophene rings is 1. The molecule has 0 spiro atoms. The van der Waals surface area contributed by atoms with E-state index in [0.29, 0.717) is 16.4 Å². The molecular formula is C19H21ClN2O2S. The fourth-order valence-corrected chi connectivity index (χ4v) is 3.92. The van der Waals surface area contributed by atoms with Gasteiger partial charge in [-0.15, -0.1) is 11.3 Å². The monoisotopic (exact) mass is 376 g/mol. The molecule has 6 heteroatoms. The second-order valence-corrected chi connectivity index (χ2v) is 7.92. The summed E-state index contributed by atoms with van der Waals surface area (Å²) in [5, 5.41) is 5.45. The van der Waals surface area contributed by atoms with Crippen LogP contribution in [0.3, 0.4) is 0 Å². The highest BCUT2D eigenvalue weighted by molar-refractivity contribution is 7.12. The van der Waals surface area contributed by atoms with Crippen molar-refractivity contribution in [1.29, 1.82) is 0 Å². The number of amides is 2. The van der Waals surface area contributed by atoms with Crippen LogP contribution in [0.4, 0.5) is 5.69 Å². The number of anilines is 1. The molecule has 3 rings (SSSR count). The Hall–Kier alpha value is -1.85. The number of hydrogen-bond donors (Lipinski definition) is 1. The van der Waals surface area contributed by atoms with Gasteiger partial charge >= 0.3 is 0 Å². The Labute approximate surface area is 156 Å². The minimum absolute atomic E-state index is 0.00547. The second-order valence-electron chi connectivity index (χ2n) is 6.54. The zero-order valence-corrected chi connectivity index (χ0v) is 15.9. The molecule has 2 aromatic rings. The topological polar surface area (TPSA) is 49.4 Å². The van der Waals surface area contributed by atoms with Crippen molar-refractivity contribution in [1.82, 2.24) is 5.32 Å². The standard InChI is InChI=1S/C19H21ClN2O2S/c1-12(2)17(21-18(23)16-6-4-10-25-16)19(24)22-9-3-5-13-11-14(20)7-8-15(13)22/h4,6-8,10-12,17H,3,5,9H2,1-2H3,(H,21,23). The Morgan fingerprint density at radius 3 is 2.76 bits per heavy atom. The number of aryl methyl sites for hydroxylation is 1. The van der Waals surface area contributed by atoms with Crippen molar-refractivity contribution in [3.63, 3.8) is 0 Å². The van der Waals surface area contributed by atoms with E-state index in [1.807, 2.05) is 37.4 Å². The van der Waals surface area contributed by atoms with Crippen molar-refractivity contribution >= 4 is 40.4 Å². The molecule has 0 aliphatic carbocycles. The fourth-order valence-electron chi connectivity index (χ4n) is 3.10. The summed E-state index contributed by atoms with van der Waals surface area (Å²) >= 11 is 7.45. The third-order valence-corrected chi connectivity index (χ3v) is 5.49. The molecule has 0 saturated carbocycles. The van der Waals surface area contributed by atoms with Crippen molar-refractivity contribution in [3.05, 3.63) is 51.2 Å². The average Bonchev–Trinajstić information content (AvgIpc) is 3.12. The van der Waals surface area contributed by atoms with Crippen LogP contribution in [0, 0.1) is 5.92 Å². The molecule has 4 nitrogen and oxygen atoms in total. The molecule has 0 radical (unpaired) electrons. The SMILES string of the molecule is CC(C)C(NC(=O)c1cccs1)C(=O)N1CCCc2cc(Cl)ccc21. The van der Waals surface area contributed by atoms with Gasteiger partial charge in [0, 0.05) is 17.3 Å². The van der Waals surface area contributed by atoms with E-state index in [-0.39, 0.29) is 17.7 Å². The predicted molar refractivity (Wildman–Crippen MR) is 103 cm³/mol. The van der Waals surface area contributed by atoms with Gasteiger partial charge in [0.05, 0.1) is 4.88 Å². The molecule has 1 aliphatic rings. The quantitative estimate of drug-likeness (QED) is 0.871. The van der Waals surface area contributed by atoms with Crippen molar-refractivity contribution in [2.45, 2.75) is 32.7 Å². The summed E-state index contributed by atoms with van der Waals surface area (Å²) in [4.78, 5) is 28.0. The summed E-state index contributed by atoms with van der Waals surface area (Å²) in [6.45, 7) is 4.56. The lowest BCUT2D eigenvalue weighted by Gasteiger charge is -2.34. The van der Waals surface area contributed by atoms with Gasteiger partial charge in [-0.25, -0.2) is 0 Å². The van der Waals surface area contributed by atoms with E-state index in [4.69, 9.17) is 11.6 Å². The Kier molecular flexibility index (Phi) is 5.45. The van der Waals surface area contributed by atoms with Gasteiger partial charge in [-0.2, -0.15) is 0 Å². The van der Waals surface area contributed by atoms with Crippen LogP contribution in [0.5, 0.6) is 0 Å². The van der Waals surface area contributed by atoms with Crippen molar-refractivity contribution in [2.75, 3.05) is 11.4 Å². The summed E-state index contributed by atoms with van der Waals surface area (Å²) < 4.78 is 0. The highest BCUT2D eigenvalue weighted by Gasteiger charge is 2.32. The molecule has 1 unspecified atom stereocenters. The van der Waals surface area contributed by atoms with E-state index in [1.165, 1.54) is 11.3 Å². The Morgan fingerprint density at radius 2 is 2.08 bits per heavy atom. The molecule has 2 heterocycles. The minimum Gasteiger partial charge on any atom is -0.339 e. The van der Waals surface area contributed by atoms with Crippen molar-refractivity contribution < 1.29 is 9.59 Å². The third-order valence-electron chi connectivity index (χ3n) is 4.39. The summed E-state index contributed by atoms with van der Waals surface area (Å²) in [5.74, 6) is -0.271. The van der Waals surface area contributed by atoms with E-state index in [1.54, 1.807) is 17.0 Å². The lowest BCUT2D eigenvalue weighted by Crippen LogP contribution is -2.52. The molecule has 25 heavy (non-hydrogen) atoms. The van der Waals surface area contributed by atoms with Crippen LogP contribution in [0.2, 0.25) is 5.02 Å². The van der Waals surface area contributed by atoms with Crippen molar-refractivity contribution in [2.24, 2.45) is 5.92 Å². The average molecular weight is 377 g/mol. The van der Waals surface area contributed by atoms with E-state index in [9.17, 15) is 9.59 Å². The number of rotatable bonds is 4. The highest BCUT2D eigenvalue weighted by Crippen LogP contribution is 2.30. The number of benzene rings is 1. The normalized spacial score (nSPS) is 15.0. The van der Waals surface area contributed by atoms with Crippen LogP contribution in [-0.2, 0) is 11.2 Å². The van der Waals surface area contributed by atoms with Crippen LogP contribution >= 0.6 is 22.9 Å². The number of hydrogen-bond acceptors (Lipinski definition) is 3. The highest BCUT2D eigenvalue weighted by atomic mass is 35.5. The zero-order valence-electron chi connectivity index (χ0n) is 14.3. The van der Waals surface area contributed by atoms with Gasteiger partial charge < -0.3 is 10.2 Å². The van der Waals surface area contributed by atoms with Gasteiger partial charge in [-0.05, 0) is 54.0 Å². The number of carbonyl (C=O) groups excluding carboxylic acids is 2. The molecule has 1 atom stereocenters. The van der Waals surface area contributed by atoms with Crippen LogP contribution in [0.1, 0.15) is 35.5 Å². The maximum absolute atomic E-state index is 13.2.